The number of furan rings is 2. The minimum atomic E-state index is 0.848. The van der Waals surface area contributed by atoms with Gasteiger partial charge in [-0.25, -0.2) is 0 Å². The highest BCUT2D eigenvalue weighted by atomic mass is 16.3. The van der Waals surface area contributed by atoms with Crippen LogP contribution in [0.4, 0.5) is 17.1 Å². The smallest absolute Gasteiger partial charge is 0.159 e. The molecule has 59 heavy (non-hydrogen) atoms. The van der Waals surface area contributed by atoms with E-state index in [1.54, 1.807) is 0 Å². The number of nitrogens with zero attached hydrogens (tertiary/aromatic N) is 1. The fraction of sp³-hybridized carbons (Fsp3) is 0. The lowest BCUT2D eigenvalue weighted by Gasteiger charge is -2.26. The second-order valence-corrected chi connectivity index (χ2v) is 15.3. The Balaban J connectivity index is 1.00. The van der Waals surface area contributed by atoms with Crippen molar-refractivity contribution in [3.8, 4) is 33.4 Å². The lowest BCUT2D eigenvalue weighted by molar-refractivity contribution is 0.669. The van der Waals surface area contributed by atoms with Crippen LogP contribution in [0.25, 0.3) is 98.8 Å². The Morgan fingerprint density at radius 3 is 1.78 bits per heavy atom. The molecule has 3 heteroatoms. The summed E-state index contributed by atoms with van der Waals surface area (Å²) in [5, 5.41) is 9.25. The van der Waals surface area contributed by atoms with Gasteiger partial charge in [-0.1, -0.05) is 158 Å². The van der Waals surface area contributed by atoms with Crippen LogP contribution < -0.4 is 4.90 Å². The van der Waals surface area contributed by atoms with Crippen LogP contribution >= 0.6 is 0 Å². The zero-order valence-electron chi connectivity index (χ0n) is 32.0. The van der Waals surface area contributed by atoms with Gasteiger partial charge in [0, 0.05) is 38.5 Å². The number of hydrogen-bond acceptors (Lipinski definition) is 3. The first kappa shape index (κ1) is 33.3. The lowest BCUT2D eigenvalue weighted by atomic mass is 9.98. The van der Waals surface area contributed by atoms with Crippen LogP contribution in [-0.4, -0.2) is 0 Å². The van der Waals surface area contributed by atoms with Crippen molar-refractivity contribution in [1.82, 2.24) is 0 Å². The normalized spacial score (nSPS) is 11.7. The molecule has 12 rings (SSSR count). The SMILES string of the molecule is c1ccc(-c2cccc3c2oc2c(N(c4ccc(-c5cccc6ccccc56)cc4)c4ccc5cc(-c6ccc7c(c6)oc6ccccc67)ccc5c4)cccc23)cc1. The van der Waals surface area contributed by atoms with Crippen molar-refractivity contribution in [2.75, 3.05) is 4.90 Å². The molecule has 0 atom stereocenters. The van der Waals surface area contributed by atoms with Crippen LogP contribution in [-0.2, 0) is 0 Å². The molecule has 0 fully saturated rings. The van der Waals surface area contributed by atoms with Gasteiger partial charge in [-0.3, -0.25) is 0 Å². The Labute approximate surface area is 340 Å². The van der Waals surface area contributed by atoms with Crippen LogP contribution in [0, 0.1) is 0 Å². The van der Waals surface area contributed by atoms with Gasteiger partial charge in [-0.05, 0) is 104 Å². The summed E-state index contributed by atoms with van der Waals surface area (Å²) in [7, 11) is 0. The molecule has 0 bridgehead atoms. The number of anilines is 3. The summed E-state index contributed by atoms with van der Waals surface area (Å²) in [5.41, 5.74) is 13.5. The average molecular weight is 754 g/mol. The standard InChI is InChI=1S/C56H35NO2/c1-2-11-37(12-3-1)47-18-9-19-50-51-20-10-21-52(56(51)59-55(47)50)57(43-29-25-38(26-30-43)46-17-8-14-36-13-4-5-15-45(36)46)44-31-27-40-33-39(23-24-41(40)34-44)42-28-32-49-48-16-6-7-22-53(48)58-54(49)35-42/h1-35H. The van der Waals surface area contributed by atoms with Gasteiger partial charge >= 0.3 is 0 Å². The van der Waals surface area contributed by atoms with E-state index in [1.165, 1.54) is 21.9 Å². The highest BCUT2D eigenvalue weighted by Gasteiger charge is 2.21. The second kappa shape index (κ2) is 13.4. The monoisotopic (exact) mass is 753 g/mol. The van der Waals surface area contributed by atoms with Gasteiger partial charge in [-0.15, -0.1) is 0 Å². The molecule has 12 aromatic rings. The fourth-order valence-corrected chi connectivity index (χ4v) is 8.98. The van der Waals surface area contributed by atoms with E-state index < -0.39 is 0 Å². The van der Waals surface area contributed by atoms with Crippen molar-refractivity contribution in [2.45, 2.75) is 0 Å². The highest BCUT2D eigenvalue weighted by molar-refractivity contribution is 6.14. The van der Waals surface area contributed by atoms with E-state index in [-0.39, 0.29) is 0 Å². The minimum absolute atomic E-state index is 0.848. The predicted octanol–water partition coefficient (Wildman–Crippen LogP) is 16.3. The molecule has 2 heterocycles. The van der Waals surface area contributed by atoms with Crippen LogP contribution in [0.5, 0.6) is 0 Å². The molecule has 0 amide bonds. The lowest BCUT2D eigenvalue weighted by Crippen LogP contribution is -2.10. The summed E-state index contributed by atoms with van der Waals surface area (Å²) in [6, 6.07) is 75.7. The molecule has 0 radical (unpaired) electrons. The number of para-hydroxylation sites is 3. The Morgan fingerprint density at radius 2 is 0.881 bits per heavy atom. The Bertz CT molecular complexity index is 3550. The van der Waals surface area contributed by atoms with E-state index in [0.717, 1.165) is 94.0 Å². The number of hydrogen-bond donors (Lipinski definition) is 0. The molecule has 0 unspecified atom stereocenters. The second-order valence-electron chi connectivity index (χ2n) is 15.3. The van der Waals surface area contributed by atoms with Gasteiger partial charge in [0.25, 0.3) is 0 Å². The Kier molecular flexibility index (Phi) is 7.54. The van der Waals surface area contributed by atoms with E-state index in [1.807, 2.05) is 12.1 Å². The average Bonchev–Trinajstić information content (AvgIpc) is 3.88. The van der Waals surface area contributed by atoms with Crippen molar-refractivity contribution in [1.29, 1.82) is 0 Å². The molecule has 0 spiro atoms. The van der Waals surface area contributed by atoms with E-state index in [0.29, 0.717) is 0 Å². The van der Waals surface area contributed by atoms with E-state index in [9.17, 15) is 0 Å². The van der Waals surface area contributed by atoms with Crippen molar-refractivity contribution in [3.05, 3.63) is 212 Å². The third kappa shape index (κ3) is 5.51. The van der Waals surface area contributed by atoms with Crippen LogP contribution in [0.15, 0.2) is 221 Å². The third-order valence-corrected chi connectivity index (χ3v) is 11.8. The molecule has 0 aliphatic carbocycles. The van der Waals surface area contributed by atoms with Gasteiger partial charge in [-0.2, -0.15) is 0 Å². The quantitative estimate of drug-likeness (QED) is 0.169. The Morgan fingerprint density at radius 1 is 0.288 bits per heavy atom. The van der Waals surface area contributed by atoms with Crippen LogP contribution in [0.1, 0.15) is 0 Å². The van der Waals surface area contributed by atoms with Gasteiger partial charge in [0.1, 0.15) is 16.7 Å². The molecule has 276 valence electrons. The molecule has 0 aliphatic rings. The molecular weight excluding hydrogens is 719 g/mol. The van der Waals surface area contributed by atoms with Crippen LogP contribution in [0.3, 0.4) is 0 Å². The highest BCUT2D eigenvalue weighted by Crippen LogP contribution is 2.45. The van der Waals surface area contributed by atoms with Gasteiger partial charge in [0.05, 0.1) is 5.69 Å². The first-order valence-electron chi connectivity index (χ1n) is 20.1. The maximum absolute atomic E-state index is 6.99. The molecule has 3 nitrogen and oxygen atoms in total. The molecule has 0 N–H and O–H groups in total. The van der Waals surface area contributed by atoms with Crippen molar-refractivity contribution in [2.24, 2.45) is 0 Å². The summed E-state index contributed by atoms with van der Waals surface area (Å²) in [5.74, 6) is 0. The summed E-state index contributed by atoms with van der Waals surface area (Å²) in [4.78, 5) is 2.34. The first-order valence-corrected chi connectivity index (χ1v) is 20.1. The van der Waals surface area contributed by atoms with Gasteiger partial charge < -0.3 is 13.7 Å². The molecule has 0 saturated heterocycles. The number of benzene rings is 10. The largest absolute Gasteiger partial charge is 0.456 e. The number of rotatable bonds is 6. The zero-order chi connectivity index (χ0) is 38.9. The molecular formula is C56H35NO2. The Hall–Kier alpha value is -7.88. The third-order valence-electron chi connectivity index (χ3n) is 11.8. The first-order chi connectivity index (χ1) is 29.2. The molecule has 10 aromatic carbocycles. The molecule has 2 aromatic heterocycles. The number of fused-ring (bicyclic) bond motifs is 8. The summed E-state index contributed by atoms with van der Waals surface area (Å²) >= 11 is 0. The van der Waals surface area contributed by atoms with E-state index in [2.05, 4.69) is 205 Å². The predicted molar refractivity (Wildman–Crippen MR) is 247 cm³/mol. The maximum atomic E-state index is 6.99. The summed E-state index contributed by atoms with van der Waals surface area (Å²) in [6.45, 7) is 0. The topological polar surface area (TPSA) is 29.5 Å². The van der Waals surface area contributed by atoms with Gasteiger partial charge in [0.2, 0.25) is 0 Å². The maximum Gasteiger partial charge on any atom is 0.159 e. The zero-order valence-corrected chi connectivity index (χ0v) is 32.0. The van der Waals surface area contributed by atoms with Crippen LogP contribution in [0.2, 0.25) is 0 Å². The van der Waals surface area contributed by atoms with Crippen molar-refractivity contribution >= 4 is 82.5 Å². The molecule has 0 saturated carbocycles. The minimum Gasteiger partial charge on any atom is -0.456 e. The van der Waals surface area contributed by atoms with Crippen molar-refractivity contribution < 1.29 is 8.83 Å². The van der Waals surface area contributed by atoms with E-state index in [4.69, 9.17) is 8.83 Å². The summed E-state index contributed by atoms with van der Waals surface area (Å²) in [6.07, 6.45) is 0. The molecule has 0 aliphatic heterocycles. The summed E-state index contributed by atoms with van der Waals surface area (Å²) < 4.78 is 13.2. The van der Waals surface area contributed by atoms with Gasteiger partial charge in [0.15, 0.2) is 5.58 Å². The van der Waals surface area contributed by atoms with E-state index >= 15 is 0 Å². The van der Waals surface area contributed by atoms with Crippen molar-refractivity contribution in [3.63, 3.8) is 0 Å². The fourth-order valence-electron chi connectivity index (χ4n) is 8.98.